The van der Waals surface area contributed by atoms with Gasteiger partial charge in [0.05, 0.1) is 5.69 Å². The summed E-state index contributed by atoms with van der Waals surface area (Å²) >= 11 is 3.47. The third kappa shape index (κ3) is 3.25. The van der Waals surface area contributed by atoms with Gasteiger partial charge in [0.25, 0.3) is 0 Å². The van der Waals surface area contributed by atoms with Gasteiger partial charge in [-0.1, -0.05) is 28.1 Å². The van der Waals surface area contributed by atoms with Crippen molar-refractivity contribution < 1.29 is 0 Å². The van der Waals surface area contributed by atoms with Crippen molar-refractivity contribution in [2.24, 2.45) is 0 Å². The van der Waals surface area contributed by atoms with Crippen molar-refractivity contribution in [2.75, 3.05) is 0 Å². The van der Waals surface area contributed by atoms with Crippen molar-refractivity contribution in [3.8, 4) is 0 Å². The molecule has 3 nitrogen and oxygen atoms in total. The highest BCUT2D eigenvalue weighted by Gasteiger charge is 2.20. The van der Waals surface area contributed by atoms with Gasteiger partial charge in [0.15, 0.2) is 0 Å². The Kier molecular flexibility index (Phi) is 3.71. The van der Waals surface area contributed by atoms with Gasteiger partial charge in [-0.05, 0) is 37.5 Å². The van der Waals surface area contributed by atoms with E-state index in [2.05, 4.69) is 62.0 Å². The Bertz CT molecular complexity index is 555. The molecule has 1 N–H and O–H groups in total. The summed E-state index contributed by atoms with van der Waals surface area (Å²) in [5, 5.41) is 3.55. The fraction of sp³-hybridized carbons (Fsp3) is 0.400. The van der Waals surface area contributed by atoms with Crippen molar-refractivity contribution in [3.05, 3.63) is 52.0 Å². The van der Waals surface area contributed by atoms with E-state index >= 15 is 0 Å². The number of halogens is 1. The normalized spacial score (nSPS) is 14.8. The Morgan fingerprint density at radius 1 is 1.32 bits per heavy atom. The zero-order valence-corrected chi connectivity index (χ0v) is 12.7. The van der Waals surface area contributed by atoms with E-state index in [1.165, 1.54) is 24.1 Å². The summed E-state index contributed by atoms with van der Waals surface area (Å²) in [5.41, 5.74) is 2.57. The molecule has 1 aliphatic carbocycles. The first-order chi connectivity index (χ1) is 9.22. The predicted molar refractivity (Wildman–Crippen MR) is 80.1 cm³/mol. The van der Waals surface area contributed by atoms with Crippen LogP contribution in [0.4, 0.5) is 0 Å². The Morgan fingerprint density at radius 3 is 2.74 bits per heavy atom. The van der Waals surface area contributed by atoms with Crippen LogP contribution in [0.15, 0.2) is 34.9 Å². The topological polar surface area (TPSA) is 29.9 Å². The molecular weight excluding hydrogens is 302 g/mol. The molecule has 0 radical (unpaired) electrons. The molecule has 19 heavy (non-hydrogen) atoms. The predicted octanol–water partition coefficient (Wildman–Crippen LogP) is 3.25. The molecule has 1 aromatic carbocycles. The molecule has 1 saturated carbocycles. The second-order valence-corrected chi connectivity index (χ2v) is 6.08. The molecule has 3 rings (SSSR count). The molecule has 0 saturated heterocycles. The van der Waals surface area contributed by atoms with Gasteiger partial charge in [0, 0.05) is 29.8 Å². The van der Waals surface area contributed by atoms with Crippen molar-refractivity contribution in [2.45, 2.75) is 38.9 Å². The lowest BCUT2D eigenvalue weighted by atomic mass is 10.2. The summed E-state index contributed by atoms with van der Waals surface area (Å²) in [7, 11) is 0. The molecule has 4 heteroatoms. The highest BCUT2D eigenvalue weighted by molar-refractivity contribution is 9.10. The van der Waals surface area contributed by atoms with Crippen LogP contribution in [0.25, 0.3) is 0 Å². The van der Waals surface area contributed by atoms with E-state index in [0.29, 0.717) is 0 Å². The van der Waals surface area contributed by atoms with Crippen molar-refractivity contribution in [1.82, 2.24) is 14.9 Å². The van der Waals surface area contributed by atoms with E-state index in [1.54, 1.807) is 0 Å². The number of imidazole rings is 1. The number of benzene rings is 1. The van der Waals surface area contributed by atoms with E-state index in [0.717, 1.165) is 29.4 Å². The first kappa shape index (κ1) is 12.9. The van der Waals surface area contributed by atoms with Gasteiger partial charge < -0.3 is 9.88 Å². The third-order valence-corrected chi connectivity index (χ3v) is 4.07. The van der Waals surface area contributed by atoms with E-state index in [4.69, 9.17) is 0 Å². The fourth-order valence-electron chi connectivity index (χ4n) is 2.18. The van der Waals surface area contributed by atoms with Gasteiger partial charge >= 0.3 is 0 Å². The van der Waals surface area contributed by atoms with Crippen LogP contribution in [0, 0.1) is 6.92 Å². The minimum absolute atomic E-state index is 0.733. The molecule has 0 atom stereocenters. The summed E-state index contributed by atoms with van der Waals surface area (Å²) in [4.78, 5) is 4.44. The lowest BCUT2D eigenvalue weighted by Crippen LogP contribution is -2.18. The quantitative estimate of drug-likeness (QED) is 0.916. The molecule has 1 aliphatic rings. The Morgan fingerprint density at radius 2 is 2.05 bits per heavy atom. The van der Waals surface area contributed by atoms with Crippen LogP contribution in [-0.2, 0) is 13.1 Å². The summed E-state index contributed by atoms with van der Waals surface area (Å²) < 4.78 is 3.41. The highest BCUT2D eigenvalue weighted by Crippen LogP contribution is 2.20. The summed E-state index contributed by atoms with van der Waals surface area (Å²) in [5.74, 6) is 1.08. The van der Waals surface area contributed by atoms with E-state index < -0.39 is 0 Å². The van der Waals surface area contributed by atoms with Gasteiger partial charge in [-0.2, -0.15) is 0 Å². The molecule has 0 spiro atoms. The standard InChI is InChI=1S/C15H18BrN3/c1-11-17-8-15(9-18-14-6-7-14)19(11)10-12-2-4-13(16)5-3-12/h2-5,8,14,18H,6-7,9-10H2,1H3. The first-order valence-corrected chi connectivity index (χ1v) is 7.50. The second-order valence-electron chi connectivity index (χ2n) is 5.16. The largest absolute Gasteiger partial charge is 0.327 e. The number of aromatic nitrogens is 2. The van der Waals surface area contributed by atoms with E-state index in [1.807, 2.05) is 6.20 Å². The van der Waals surface area contributed by atoms with Crippen LogP contribution in [0.5, 0.6) is 0 Å². The molecule has 1 heterocycles. The second kappa shape index (κ2) is 5.47. The Labute approximate surface area is 122 Å². The summed E-state index contributed by atoms with van der Waals surface area (Å²) in [6, 6.07) is 9.22. The van der Waals surface area contributed by atoms with Crippen molar-refractivity contribution in [1.29, 1.82) is 0 Å². The van der Waals surface area contributed by atoms with Gasteiger partial charge in [-0.3, -0.25) is 0 Å². The van der Waals surface area contributed by atoms with Crippen LogP contribution < -0.4 is 5.32 Å². The number of nitrogens with zero attached hydrogens (tertiary/aromatic N) is 2. The zero-order valence-electron chi connectivity index (χ0n) is 11.1. The Hall–Kier alpha value is -1.13. The van der Waals surface area contributed by atoms with Crippen LogP contribution in [0.1, 0.15) is 29.9 Å². The molecule has 0 amide bonds. The average molecular weight is 320 g/mol. The van der Waals surface area contributed by atoms with Crippen LogP contribution in [-0.4, -0.2) is 15.6 Å². The SMILES string of the molecule is Cc1ncc(CNC2CC2)n1Cc1ccc(Br)cc1. The van der Waals surface area contributed by atoms with Crippen molar-refractivity contribution >= 4 is 15.9 Å². The zero-order chi connectivity index (χ0) is 13.2. The molecule has 0 unspecified atom stereocenters. The van der Waals surface area contributed by atoms with E-state index in [9.17, 15) is 0 Å². The monoisotopic (exact) mass is 319 g/mol. The molecule has 1 fully saturated rings. The van der Waals surface area contributed by atoms with Gasteiger partial charge in [0.1, 0.15) is 5.82 Å². The number of hydrogen-bond donors (Lipinski definition) is 1. The minimum Gasteiger partial charge on any atom is -0.327 e. The van der Waals surface area contributed by atoms with Crippen LogP contribution >= 0.6 is 15.9 Å². The first-order valence-electron chi connectivity index (χ1n) is 6.71. The maximum atomic E-state index is 4.44. The number of nitrogens with one attached hydrogen (secondary N) is 1. The average Bonchev–Trinajstić information content (AvgIpc) is 3.17. The molecule has 0 aliphatic heterocycles. The molecule has 0 bridgehead atoms. The van der Waals surface area contributed by atoms with Gasteiger partial charge in [-0.15, -0.1) is 0 Å². The smallest absolute Gasteiger partial charge is 0.106 e. The lowest BCUT2D eigenvalue weighted by molar-refractivity contribution is 0.626. The summed E-state index contributed by atoms with van der Waals surface area (Å²) in [6.45, 7) is 3.88. The maximum Gasteiger partial charge on any atom is 0.106 e. The van der Waals surface area contributed by atoms with Crippen LogP contribution in [0.2, 0.25) is 0 Å². The summed E-state index contributed by atoms with van der Waals surface area (Å²) in [6.07, 6.45) is 4.63. The number of aryl methyl sites for hydroxylation is 1. The van der Waals surface area contributed by atoms with E-state index in [-0.39, 0.29) is 0 Å². The highest BCUT2D eigenvalue weighted by atomic mass is 79.9. The molecule has 1 aromatic heterocycles. The fourth-order valence-corrected chi connectivity index (χ4v) is 2.45. The molecular formula is C15H18BrN3. The van der Waals surface area contributed by atoms with Crippen LogP contribution in [0.3, 0.4) is 0 Å². The lowest BCUT2D eigenvalue weighted by Gasteiger charge is -2.11. The van der Waals surface area contributed by atoms with Gasteiger partial charge in [-0.25, -0.2) is 4.98 Å². The number of hydrogen-bond acceptors (Lipinski definition) is 2. The number of rotatable bonds is 5. The van der Waals surface area contributed by atoms with Gasteiger partial charge in [0.2, 0.25) is 0 Å². The van der Waals surface area contributed by atoms with Crippen molar-refractivity contribution in [3.63, 3.8) is 0 Å². The minimum atomic E-state index is 0.733. The molecule has 2 aromatic rings. The molecule has 100 valence electrons. The maximum absolute atomic E-state index is 4.44. The Balaban J connectivity index is 1.74. The third-order valence-electron chi connectivity index (χ3n) is 3.54.